The molecule has 1 aromatic heterocycles. The zero-order valence-electron chi connectivity index (χ0n) is 19.2. The van der Waals surface area contributed by atoms with Crippen molar-refractivity contribution in [3.05, 3.63) is 113 Å². The van der Waals surface area contributed by atoms with E-state index in [0.717, 1.165) is 28.0 Å². The Labute approximate surface area is 199 Å². The molecular formula is C28H26N4O2. The third kappa shape index (κ3) is 6.29. The number of benzene rings is 3. The monoisotopic (exact) mass is 450 g/mol. The predicted octanol–water partition coefficient (Wildman–Crippen LogP) is 5.78. The van der Waals surface area contributed by atoms with Gasteiger partial charge in [-0.3, -0.25) is 9.89 Å². The first-order valence-electron chi connectivity index (χ1n) is 11.0. The molecule has 0 aliphatic rings. The molecule has 0 fully saturated rings. The summed E-state index contributed by atoms with van der Waals surface area (Å²) < 4.78 is 5.85. The fourth-order valence-electron chi connectivity index (χ4n) is 3.26. The minimum atomic E-state index is -0.361. The van der Waals surface area contributed by atoms with Crippen molar-refractivity contribution in [3.8, 4) is 17.0 Å². The van der Waals surface area contributed by atoms with E-state index in [1.54, 1.807) is 12.3 Å². The van der Waals surface area contributed by atoms with Crippen LogP contribution in [0.15, 0.2) is 95.6 Å². The minimum Gasteiger partial charge on any atom is -0.489 e. The van der Waals surface area contributed by atoms with Gasteiger partial charge in [0.05, 0.1) is 11.9 Å². The van der Waals surface area contributed by atoms with Crippen LogP contribution in [0.4, 0.5) is 0 Å². The number of hydrazone groups is 1. The zero-order chi connectivity index (χ0) is 23.8. The number of ether oxygens (including phenoxy) is 1. The summed E-state index contributed by atoms with van der Waals surface area (Å²) in [6.07, 6.45) is 3.59. The van der Waals surface area contributed by atoms with Crippen LogP contribution >= 0.6 is 0 Å². The standard InChI is InChI=1S/C28H26N4O2/c1-20-8-10-23(11-9-20)19-34-25-14-12-24(13-15-25)26-17-27(31-30-26)28(33)32-29-18-21(2)16-22-6-4-3-5-7-22/h3-18H,19H2,1-2H3,(H,30,31)(H,32,33). The van der Waals surface area contributed by atoms with Gasteiger partial charge >= 0.3 is 0 Å². The molecule has 0 radical (unpaired) electrons. The first-order valence-corrected chi connectivity index (χ1v) is 11.0. The molecular weight excluding hydrogens is 424 g/mol. The largest absolute Gasteiger partial charge is 0.489 e. The highest BCUT2D eigenvalue weighted by Gasteiger charge is 2.10. The minimum absolute atomic E-state index is 0.330. The van der Waals surface area contributed by atoms with E-state index < -0.39 is 0 Å². The van der Waals surface area contributed by atoms with Gasteiger partial charge in [0, 0.05) is 5.56 Å². The van der Waals surface area contributed by atoms with E-state index in [1.165, 1.54) is 5.56 Å². The highest BCUT2D eigenvalue weighted by Crippen LogP contribution is 2.22. The van der Waals surface area contributed by atoms with E-state index in [2.05, 4.69) is 51.9 Å². The lowest BCUT2D eigenvalue weighted by molar-refractivity contribution is 0.0950. The van der Waals surface area contributed by atoms with Gasteiger partial charge in [-0.15, -0.1) is 0 Å². The SMILES string of the molecule is CC(C=NNC(=O)c1cc(-c2ccc(OCc3ccc(C)cc3)cc2)n[nH]1)=Cc1ccccc1. The normalized spacial score (nSPS) is 11.5. The molecule has 170 valence electrons. The fraction of sp³-hybridized carbons (Fsp3) is 0.107. The summed E-state index contributed by atoms with van der Waals surface area (Å²) in [5, 5.41) is 11.0. The second-order valence-corrected chi connectivity index (χ2v) is 7.96. The summed E-state index contributed by atoms with van der Waals surface area (Å²) in [5.41, 5.74) is 8.73. The number of aryl methyl sites for hydroxylation is 1. The lowest BCUT2D eigenvalue weighted by Gasteiger charge is -2.07. The van der Waals surface area contributed by atoms with Crippen LogP contribution in [0.2, 0.25) is 0 Å². The van der Waals surface area contributed by atoms with Gasteiger partial charge < -0.3 is 4.74 Å². The quantitative estimate of drug-likeness (QED) is 0.264. The Bertz CT molecular complexity index is 1290. The number of carbonyl (C=O) groups is 1. The molecule has 0 unspecified atom stereocenters. The molecule has 0 bridgehead atoms. The molecule has 4 rings (SSSR count). The molecule has 0 saturated carbocycles. The summed E-state index contributed by atoms with van der Waals surface area (Å²) in [4.78, 5) is 12.4. The molecule has 1 heterocycles. The molecule has 6 nitrogen and oxygen atoms in total. The van der Waals surface area contributed by atoms with Crippen molar-refractivity contribution in [2.24, 2.45) is 5.10 Å². The predicted molar refractivity (Wildman–Crippen MR) is 136 cm³/mol. The molecule has 2 N–H and O–H groups in total. The maximum Gasteiger partial charge on any atom is 0.289 e. The number of rotatable bonds is 8. The Morgan fingerprint density at radius 3 is 2.50 bits per heavy atom. The van der Waals surface area contributed by atoms with E-state index >= 15 is 0 Å². The number of allylic oxidation sites excluding steroid dienone is 1. The number of aromatic nitrogens is 2. The molecule has 34 heavy (non-hydrogen) atoms. The molecule has 0 saturated heterocycles. The number of amides is 1. The summed E-state index contributed by atoms with van der Waals surface area (Å²) >= 11 is 0. The highest BCUT2D eigenvalue weighted by molar-refractivity contribution is 5.94. The number of aromatic amines is 1. The van der Waals surface area contributed by atoms with Gasteiger partial charge in [0.1, 0.15) is 18.1 Å². The average molecular weight is 451 g/mol. The third-order valence-corrected chi connectivity index (χ3v) is 5.13. The van der Waals surface area contributed by atoms with Gasteiger partial charge in [0.15, 0.2) is 0 Å². The molecule has 0 atom stereocenters. The fourth-order valence-corrected chi connectivity index (χ4v) is 3.26. The van der Waals surface area contributed by atoms with Crippen LogP contribution in [-0.2, 0) is 6.61 Å². The van der Waals surface area contributed by atoms with Gasteiger partial charge in [0.25, 0.3) is 5.91 Å². The van der Waals surface area contributed by atoms with Crippen molar-refractivity contribution in [3.63, 3.8) is 0 Å². The van der Waals surface area contributed by atoms with Crippen molar-refractivity contribution in [1.82, 2.24) is 15.6 Å². The molecule has 0 aliphatic heterocycles. The molecule has 1 amide bonds. The lowest BCUT2D eigenvalue weighted by Crippen LogP contribution is -2.17. The van der Waals surface area contributed by atoms with E-state index in [9.17, 15) is 4.79 Å². The second kappa shape index (κ2) is 10.9. The zero-order valence-corrected chi connectivity index (χ0v) is 19.2. The van der Waals surface area contributed by atoms with Crippen molar-refractivity contribution in [2.45, 2.75) is 20.5 Å². The van der Waals surface area contributed by atoms with Crippen LogP contribution in [0.3, 0.4) is 0 Å². The molecule has 3 aromatic carbocycles. The maximum absolute atomic E-state index is 12.4. The molecule has 4 aromatic rings. The molecule has 6 heteroatoms. The van der Waals surface area contributed by atoms with Crippen LogP contribution in [0, 0.1) is 6.92 Å². The van der Waals surface area contributed by atoms with Crippen LogP contribution < -0.4 is 10.2 Å². The van der Waals surface area contributed by atoms with E-state index in [1.807, 2.05) is 67.6 Å². The van der Waals surface area contributed by atoms with Crippen LogP contribution in [0.5, 0.6) is 5.75 Å². The Morgan fingerprint density at radius 2 is 1.76 bits per heavy atom. The number of hydrogen-bond donors (Lipinski definition) is 2. The number of H-pyrrole nitrogens is 1. The Balaban J connectivity index is 1.32. The van der Waals surface area contributed by atoms with Gasteiger partial charge in [-0.05, 0) is 60.9 Å². The summed E-state index contributed by atoms with van der Waals surface area (Å²) in [5.74, 6) is 0.409. The van der Waals surface area contributed by atoms with Crippen LogP contribution in [0.1, 0.15) is 34.1 Å². The van der Waals surface area contributed by atoms with Gasteiger partial charge in [-0.2, -0.15) is 10.2 Å². The smallest absolute Gasteiger partial charge is 0.289 e. The Morgan fingerprint density at radius 1 is 1.03 bits per heavy atom. The highest BCUT2D eigenvalue weighted by atomic mass is 16.5. The van der Waals surface area contributed by atoms with E-state index in [4.69, 9.17) is 4.74 Å². The summed E-state index contributed by atoms with van der Waals surface area (Å²) in [6, 6.07) is 27.5. The summed E-state index contributed by atoms with van der Waals surface area (Å²) in [7, 11) is 0. The molecule has 0 spiro atoms. The number of carbonyl (C=O) groups excluding carboxylic acids is 1. The van der Waals surface area contributed by atoms with Crippen molar-refractivity contribution in [2.75, 3.05) is 0 Å². The lowest BCUT2D eigenvalue weighted by atomic mass is 10.1. The number of nitrogens with zero attached hydrogens (tertiary/aromatic N) is 2. The topological polar surface area (TPSA) is 79.4 Å². The Hall–Kier alpha value is -4.45. The Kier molecular flexibility index (Phi) is 7.30. The van der Waals surface area contributed by atoms with Crippen molar-refractivity contribution < 1.29 is 9.53 Å². The van der Waals surface area contributed by atoms with Gasteiger partial charge in [-0.25, -0.2) is 5.43 Å². The van der Waals surface area contributed by atoms with E-state index in [0.29, 0.717) is 18.0 Å². The third-order valence-electron chi connectivity index (χ3n) is 5.13. The van der Waals surface area contributed by atoms with Crippen molar-refractivity contribution >= 4 is 18.2 Å². The summed E-state index contributed by atoms with van der Waals surface area (Å²) in [6.45, 7) is 4.49. The molecule has 0 aliphatic carbocycles. The second-order valence-electron chi connectivity index (χ2n) is 7.96. The maximum atomic E-state index is 12.4. The van der Waals surface area contributed by atoms with Crippen LogP contribution in [0.25, 0.3) is 17.3 Å². The average Bonchev–Trinajstić information content (AvgIpc) is 3.35. The first kappa shape index (κ1) is 22.7. The number of nitrogens with one attached hydrogen (secondary N) is 2. The first-order chi connectivity index (χ1) is 16.6. The van der Waals surface area contributed by atoms with Crippen LogP contribution in [-0.4, -0.2) is 22.3 Å². The van der Waals surface area contributed by atoms with E-state index in [-0.39, 0.29) is 5.91 Å². The number of hydrogen-bond acceptors (Lipinski definition) is 4. The van der Waals surface area contributed by atoms with Crippen molar-refractivity contribution in [1.29, 1.82) is 0 Å². The van der Waals surface area contributed by atoms with Gasteiger partial charge in [0.2, 0.25) is 0 Å². The van der Waals surface area contributed by atoms with Gasteiger partial charge in [-0.1, -0.05) is 66.2 Å².